The van der Waals surface area contributed by atoms with E-state index in [4.69, 9.17) is 21.1 Å². The number of ketones is 1. The Morgan fingerprint density at radius 2 is 1.85 bits per heavy atom. The molecule has 0 saturated heterocycles. The molecule has 2 aromatic carbocycles. The number of carbonyl (C=O) groups excluding carboxylic acids is 1. The average molecular weight is 291 g/mol. The minimum absolute atomic E-state index is 0.0536. The largest absolute Gasteiger partial charge is 0.497 e. The third-order valence-electron chi connectivity index (χ3n) is 3.02. The lowest BCUT2D eigenvalue weighted by molar-refractivity contribution is 0.0992. The van der Waals surface area contributed by atoms with Crippen molar-refractivity contribution in [2.24, 2.45) is 0 Å². The number of ether oxygens (including phenoxy) is 2. The number of para-hydroxylation sites is 1. The van der Waals surface area contributed by atoms with E-state index in [1.54, 1.807) is 32.4 Å². The summed E-state index contributed by atoms with van der Waals surface area (Å²) >= 11 is 6.11. The van der Waals surface area contributed by atoms with Crippen molar-refractivity contribution in [2.45, 2.75) is 6.42 Å². The first-order valence-corrected chi connectivity index (χ1v) is 6.52. The average Bonchev–Trinajstić information content (AvgIpc) is 2.47. The quantitative estimate of drug-likeness (QED) is 0.786. The molecule has 2 rings (SSSR count). The van der Waals surface area contributed by atoms with Gasteiger partial charge < -0.3 is 9.47 Å². The molecule has 0 saturated carbocycles. The minimum Gasteiger partial charge on any atom is -0.497 e. The zero-order chi connectivity index (χ0) is 14.5. The van der Waals surface area contributed by atoms with Gasteiger partial charge in [-0.1, -0.05) is 29.8 Å². The van der Waals surface area contributed by atoms with Gasteiger partial charge in [0, 0.05) is 17.5 Å². The molecule has 0 atom stereocenters. The molecule has 0 N–H and O–H groups in total. The third kappa shape index (κ3) is 3.11. The highest BCUT2D eigenvalue weighted by molar-refractivity contribution is 6.34. The molecule has 2 aromatic rings. The lowest BCUT2D eigenvalue weighted by atomic mass is 10.0. The van der Waals surface area contributed by atoms with Gasteiger partial charge in [-0.25, -0.2) is 0 Å². The highest BCUT2D eigenvalue weighted by atomic mass is 35.5. The zero-order valence-electron chi connectivity index (χ0n) is 11.4. The van der Waals surface area contributed by atoms with Crippen molar-refractivity contribution in [2.75, 3.05) is 14.2 Å². The summed E-state index contributed by atoms with van der Waals surface area (Å²) in [6.07, 6.45) is 0.246. The van der Waals surface area contributed by atoms with E-state index in [9.17, 15) is 4.79 Å². The summed E-state index contributed by atoms with van der Waals surface area (Å²) in [6, 6.07) is 12.5. The highest BCUT2D eigenvalue weighted by Gasteiger charge is 2.14. The molecule has 20 heavy (non-hydrogen) atoms. The van der Waals surface area contributed by atoms with E-state index in [1.165, 1.54) is 0 Å². The van der Waals surface area contributed by atoms with Gasteiger partial charge in [0.05, 0.1) is 19.2 Å². The highest BCUT2D eigenvalue weighted by Crippen LogP contribution is 2.25. The third-order valence-corrected chi connectivity index (χ3v) is 3.33. The molecule has 0 unspecified atom stereocenters. The molecule has 104 valence electrons. The SMILES string of the molecule is COc1ccc(C(=O)Cc2ccccc2OC)c(Cl)c1. The second-order valence-corrected chi connectivity index (χ2v) is 4.66. The Morgan fingerprint density at radius 3 is 2.50 bits per heavy atom. The second kappa shape index (κ2) is 6.44. The van der Waals surface area contributed by atoms with E-state index in [0.29, 0.717) is 22.1 Å². The smallest absolute Gasteiger partial charge is 0.168 e. The maximum Gasteiger partial charge on any atom is 0.168 e. The van der Waals surface area contributed by atoms with Gasteiger partial charge in [-0.3, -0.25) is 4.79 Å². The molecule has 0 fully saturated rings. The predicted molar refractivity (Wildman–Crippen MR) is 79.0 cm³/mol. The minimum atomic E-state index is -0.0536. The molecule has 4 heteroatoms. The fraction of sp³-hybridized carbons (Fsp3) is 0.188. The Labute approximate surface area is 123 Å². The van der Waals surface area contributed by atoms with Gasteiger partial charge in [-0.2, -0.15) is 0 Å². The van der Waals surface area contributed by atoms with Crippen LogP contribution in [-0.4, -0.2) is 20.0 Å². The fourth-order valence-corrected chi connectivity index (χ4v) is 2.24. The Kier molecular flexibility index (Phi) is 4.64. The number of carbonyl (C=O) groups is 1. The van der Waals surface area contributed by atoms with Crippen molar-refractivity contribution in [1.82, 2.24) is 0 Å². The summed E-state index contributed by atoms with van der Waals surface area (Å²) in [7, 11) is 3.14. The number of halogens is 1. The van der Waals surface area contributed by atoms with Crippen LogP contribution in [0.4, 0.5) is 0 Å². The molecular weight excluding hydrogens is 276 g/mol. The van der Waals surface area contributed by atoms with Crippen molar-refractivity contribution in [3.8, 4) is 11.5 Å². The van der Waals surface area contributed by atoms with Crippen LogP contribution in [0.1, 0.15) is 15.9 Å². The lowest BCUT2D eigenvalue weighted by Gasteiger charge is -2.09. The molecule has 0 aromatic heterocycles. The van der Waals surface area contributed by atoms with Crippen LogP contribution in [-0.2, 0) is 6.42 Å². The summed E-state index contributed by atoms with van der Waals surface area (Å²) in [5, 5.41) is 0.393. The van der Waals surface area contributed by atoms with Gasteiger partial charge in [0.1, 0.15) is 11.5 Å². The van der Waals surface area contributed by atoms with Gasteiger partial charge in [-0.05, 0) is 24.3 Å². The van der Waals surface area contributed by atoms with Crippen LogP contribution < -0.4 is 9.47 Å². The van der Waals surface area contributed by atoms with Crippen molar-refractivity contribution < 1.29 is 14.3 Å². The summed E-state index contributed by atoms with van der Waals surface area (Å²) in [5.74, 6) is 1.27. The van der Waals surface area contributed by atoms with Crippen LogP contribution >= 0.6 is 11.6 Å². The van der Waals surface area contributed by atoms with Crippen LogP contribution in [0.2, 0.25) is 5.02 Å². The maximum atomic E-state index is 12.3. The predicted octanol–water partition coefficient (Wildman–Crippen LogP) is 3.78. The normalized spacial score (nSPS) is 10.2. The van der Waals surface area contributed by atoms with E-state index in [-0.39, 0.29) is 12.2 Å². The van der Waals surface area contributed by atoms with Gasteiger partial charge in [0.25, 0.3) is 0 Å². The number of Topliss-reactive ketones (excluding diaryl/α,β-unsaturated/α-hetero) is 1. The molecule has 3 nitrogen and oxygen atoms in total. The zero-order valence-corrected chi connectivity index (χ0v) is 12.1. The first-order chi connectivity index (χ1) is 9.65. The first-order valence-electron chi connectivity index (χ1n) is 6.14. The monoisotopic (exact) mass is 290 g/mol. The molecule has 0 aliphatic carbocycles. The van der Waals surface area contributed by atoms with Crippen molar-refractivity contribution in [3.63, 3.8) is 0 Å². The molecule has 0 spiro atoms. The maximum absolute atomic E-state index is 12.3. The first kappa shape index (κ1) is 14.4. The summed E-state index contributed by atoms with van der Waals surface area (Å²) in [4.78, 5) is 12.3. The number of methoxy groups -OCH3 is 2. The van der Waals surface area contributed by atoms with E-state index >= 15 is 0 Å². The summed E-state index contributed by atoms with van der Waals surface area (Å²) < 4.78 is 10.3. The number of rotatable bonds is 5. The molecule has 0 radical (unpaired) electrons. The van der Waals surface area contributed by atoms with E-state index in [2.05, 4.69) is 0 Å². The second-order valence-electron chi connectivity index (χ2n) is 4.26. The number of benzene rings is 2. The molecular formula is C16H15ClO3. The number of hydrogen-bond acceptors (Lipinski definition) is 3. The van der Waals surface area contributed by atoms with Gasteiger partial charge in [-0.15, -0.1) is 0 Å². The van der Waals surface area contributed by atoms with E-state index in [0.717, 1.165) is 5.56 Å². The lowest BCUT2D eigenvalue weighted by Crippen LogP contribution is -2.05. The van der Waals surface area contributed by atoms with Crippen molar-refractivity contribution in [3.05, 3.63) is 58.6 Å². The Balaban J connectivity index is 2.24. The van der Waals surface area contributed by atoms with Crippen LogP contribution in [0.25, 0.3) is 0 Å². The molecule has 0 amide bonds. The van der Waals surface area contributed by atoms with Crippen molar-refractivity contribution >= 4 is 17.4 Å². The number of hydrogen-bond donors (Lipinski definition) is 0. The van der Waals surface area contributed by atoms with Crippen LogP contribution in [0.3, 0.4) is 0 Å². The van der Waals surface area contributed by atoms with E-state index < -0.39 is 0 Å². The van der Waals surface area contributed by atoms with Gasteiger partial charge in [0.2, 0.25) is 0 Å². The summed E-state index contributed by atoms with van der Waals surface area (Å²) in [6.45, 7) is 0. The fourth-order valence-electron chi connectivity index (χ4n) is 1.97. The standard InChI is InChI=1S/C16H15ClO3/c1-19-12-7-8-13(14(17)10-12)15(18)9-11-5-3-4-6-16(11)20-2/h3-8,10H,9H2,1-2H3. The summed E-state index contributed by atoms with van der Waals surface area (Å²) in [5.41, 5.74) is 1.32. The Hall–Kier alpha value is -2.00. The van der Waals surface area contributed by atoms with Crippen LogP contribution in [0.5, 0.6) is 11.5 Å². The topological polar surface area (TPSA) is 35.5 Å². The van der Waals surface area contributed by atoms with E-state index in [1.807, 2.05) is 24.3 Å². The van der Waals surface area contributed by atoms with Gasteiger partial charge >= 0.3 is 0 Å². The molecule has 0 aliphatic rings. The molecule has 0 heterocycles. The molecule has 0 aliphatic heterocycles. The van der Waals surface area contributed by atoms with Gasteiger partial charge in [0.15, 0.2) is 5.78 Å². The van der Waals surface area contributed by atoms with Crippen LogP contribution in [0.15, 0.2) is 42.5 Å². The Bertz CT molecular complexity index is 623. The Morgan fingerprint density at radius 1 is 1.10 bits per heavy atom. The van der Waals surface area contributed by atoms with Crippen LogP contribution in [0, 0.1) is 0 Å². The molecule has 0 bridgehead atoms. The van der Waals surface area contributed by atoms with Crippen molar-refractivity contribution in [1.29, 1.82) is 0 Å².